The molecule has 1 aromatic carbocycles. The molecule has 35 heavy (non-hydrogen) atoms. The van der Waals surface area contributed by atoms with Gasteiger partial charge in [-0.05, 0) is 81.9 Å². The van der Waals surface area contributed by atoms with Crippen molar-refractivity contribution < 1.29 is 23.9 Å². The van der Waals surface area contributed by atoms with Crippen LogP contribution in [0.15, 0.2) is 27.4 Å². The number of hydrogen-bond donors (Lipinski definition) is 2. The fraction of sp³-hybridized carbons (Fsp3) is 0.600. The summed E-state index contributed by atoms with van der Waals surface area (Å²) < 4.78 is 6.88. The monoisotopic (exact) mass is 484 g/mol. The summed E-state index contributed by atoms with van der Waals surface area (Å²) in [4.78, 5) is 52.0. The van der Waals surface area contributed by atoms with Crippen molar-refractivity contribution in [3.05, 3.63) is 34.3 Å². The molecule has 1 aromatic heterocycles. The number of carboxylic acids is 1. The number of fused-ring (bicyclic) bond motifs is 1. The van der Waals surface area contributed by atoms with Gasteiger partial charge in [-0.3, -0.25) is 24.3 Å². The Kier molecular flexibility index (Phi) is 6.75. The average Bonchev–Trinajstić information content (AvgIpc) is 3.18. The van der Waals surface area contributed by atoms with Gasteiger partial charge < -0.3 is 19.3 Å². The molecule has 10 heteroatoms. The van der Waals surface area contributed by atoms with Gasteiger partial charge in [0, 0.05) is 19.0 Å². The molecule has 1 atom stereocenters. The molecule has 1 unspecified atom stereocenters. The number of aromatic nitrogens is 1. The van der Waals surface area contributed by atoms with E-state index in [9.17, 15) is 19.2 Å². The van der Waals surface area contributed by atoms with Crippen molar-refractivity contribution in [3.63, 3.8) is 0 Å². The maximum atomic E-state index is 12.6. The van der Waals surface area contributed by atoms with E-state index in [2.05, 4.69) is 15.1 Å². The van der Waals surface area contributed by atoms with Gasteiger partial charge in [0.25, 0.3) is 0 Å². The third kappa shape index (κ3) is 5.04. The second-order valence-corrected chi connectivity index (χ2v) is 9.96. The van der Waals surface area contributed by atoms with E-state index in [1.54, 1.807) is 0 Å². The molecule has 3 aliphatic heterocycles. The van der Waals surface area contributed by atoms with Crippen molar-refractivity contribution in [3.8, 4) is 0 Å². The fourth-order valence-electron chi connectivity index (χ4n) is 5.89. The Morgan fingerprint density at radius 2 is 1.77 bits per heavy atom. The van der Waals surface area contributed by atoms with Crippen molar-refractivity contribution in [1.29, 1.82) is 0 Å². The molecule has 5 rings (SSSR count). The number of piperidine rings is 3. The number of imide groups is 1. The molecule has 0 saturated carbocycles. The van der Waals surface area contributed by atoms with Crippen LogP contribution in [0.3, 0.4) is 0 Å². The molecule has 2 N–H and O–H groups in total. The van der Waals surface area contributed by atoms with E-state index in [4.69, 9.17) is 9.52 Å². The summed E-state index contributed by atoms with van der Waals surface area (Å²) in [5, 5.41) is 11.2. The maximum Gasteiger partial charge on any atom is 0.420 e. The molecule has 0 aliphatic carbocycles. The van der Waals surface area contributed by atoms with Gasteiger partial charge in [-0.25, -0.2) is 4.79 Å². The molecule has 2 aromatic rings. The Bertz CT molecular complexity index is 1170. The van der Waals surface area contributed by atoms with Crippen molar-refractivity contribution in [1.82, 2.24) is 19.7 Å². The number of amides is 2. The van der Waals surface area contributed by atoms with Gasteiger partial charge >= 0.3 is 11.7 Å². The Morgan fingerprint density at radius 1 is 1.03 bits per heavy atom. The van der Waals surface area contributed by atoms with Crippen molar-refractivity contribution in [2.45, 2.75) is 62.9 Å². The molecule has 10 nitrogen and oxygen atoms in total. The molecule has 0 bridgehead atoms. The summed E-state index contributed by atoms with van der Waals surface area (Å²) in [5.74, 6) is -1.70. The number of benzene rings is 1. The van der Waals surface area contributed by atoms with Crippen LogP contribution in [0.4, 0.5) is 0 Å². The Hall–Kier alpha value is -2.98. The predicted octanol–water partition coefficient (Wildman–Crippen LogP) is 1.69. The first-order valence-electron chi connectivity index (χ1n) is 12.6. The van der Waals surface area contributed by atoms with Gasteiger partial charge in [0.15, 0.2) is 5.58 Å². The van der Waals surface area contributed by atoms with Crippen LogP contribution < -0.4 is 11.1 Å². The smallest absolute Gasteiger partial charge is 0.420 e. The SMILES string of the molecule is O=C(O)CCN1CCC(N2CCC(c3ccc4c(c3)oc(=O)n4C3CCC(=O)NC3=O)CC2)CC1. The van der Waals surface area contributed by atoms with Crippen molar-refractivity contribution in [2.24, 2.45) is 0 Å². The average molecular weight is 485 g/mol. The molecule has 3 saturated heterocycles. The molecule has 4 heterocycles. The summed E-state index contributed by atoms with van der Waals surface area (Å²) in [5.41, 5.74) is 2.21. The van der Waals surface area contributed by atoms with Crippen molar-refractivity contribution >= 4 is 28.9 Å². The van der Waals surface area contributed by atoms with Gasteiger partial charge in [0.05, 0.1) is 11.9 Å². The Morgan fingerprint density at radius 3 is 2.46 bits per heavy atom. The van der Waals surface area contributed by atoms with Crippen LogP contribution in [0.5, 0.6) is 0 Å². The van der Waals surface area contributed by atoms with E-state index in [1.165, 1.54) is 4.57 Å². The molecular weight excluding hydrogens is 452 g/mol. The van der Waals surface area contributed by atoms with Crippen LogP contribution in [-0.4, -0.2) is 76.0 Å². The second-order valence-electron chi connectivity index (χ2n) is 9.96. The second kappa shape index (κ2) is 9.94. The van der Waals surface area contributed by atoms with Crippen molar-refractivity contribution in [2.75, 3.05) is 32.7 Å². The lowest BCUT2D eigenvalue weighted by molar-refractivity contribution is -0.138. The quantitative estimate of drug-likeness (QED) is 0.594. The highest BCUT2D eigenvalue weighted by atomic mass is 16.4. The minimum Gasteiger partial charge on any atom is -0.481 e. The number of nitrogens with one attached hydrogen (secondary N) is 1. The Labute approximate surface area is 202 Å². The summed E-state index contributed by atoms with van der Waals surface area (Å²) in [6.07, 6.45) is 4.92. The van der Waals surface area contributed by atoms with E-state index in [0.29, 0.717) is 29.6 Å². The van der Waals surface area contributed by atoms with Gasteiger partial charge in [0.2, 0.25) is 11.8 Å². The fourth-order valence-corrected chi connectivity index (χ4v) is 5.89. The normalized spacial score (nSPS) is 23.6. The minimum atomic E-state index is -0.737. The highest BCUT2D eigenvalue weighted by Crippen LogP contribution is 2.33. The summed E-state index contributed by atoms with van der Waals surface area (Å²) >= 11 is 0. The van der Waals surface area contributed by atoms with E-state index >= 15 is 0 Å². The van der Waals surface area contributed by atoms with E-state index in [0.717, 1.165) is 57.4 Å². The zero-order valence-corrected chi connectivity index (χ0v) is 19.8. The zero-order valence-electron chi connectivity index (χ0n) is 19.8. The van der Waals surface area contributed by atoms with Gasteiger partial charge in [-0.15, -0.1) is 0 Å². The summed E-state index contributed by atoms with van der Waals surface area (Å²) in [6.45, 7) is 4.58. The standard InChI is InChI=1S/C25H32N4O6/c30-22-4-3-20(24(33)26-22)29-19-2-1-17(15-21(19)35-25(29)34)16-5-13-28(14-6-16)18-7-10-27(11-8-18)12-9-23(31)32/h1-2,15-16,18,20H,3-14H2,(H,31,32)(H,26,30,33). The largest absolute Gasteiger partial charge is 0.481 e. The molecule has 3 aliphatic rings. The lowest BCUT2D eigenvalue weighted by Crippen LogP contribution is -2.47. The van der Waals surface area contributed by atoms with Crippen LogP contribution in [-0.2, 0) is 14.4 Å². The summed E-state index contributed by atoms with van der Waals surface area (Å²) in [6, 6.07) is 5.64. The van der Waals surface area contributed by atoms with Crippen LogP contribution >= 0.6 is 0 Å². The number of rotatable bonds is 6. The van der Waals surface area contributed by atoms with Gasteiger partial charge in [-0.1, -0.05) is 6.07 Å². The predicted molar refractivity (Wildman–Crippen MR) is 127 cm³/mol. The molecule has 0 spiro atoms. The maximum absolute atomic E-state index is 12.6. The number of likely N-dealkylation sites (tertiary alicyclic amines) is 2. The zero-order chi connectivity index (χ0) is 24.5. The highest BCUT2D eigenvalue weighted by Gasteiger charge is 2.32. The molecule has 2 amide bonds. The van der Waals surface area contributed by atoms with Crippen LogP contribution in [0.25, 0.3) is 11.1 Å². The molecule has 3 fully saturated rings. The first-order chi connectivity index (χ1) is 16.9. The number of carboxylic acid groups (broad SMARTS) is 1. The third-order valence-corrected chi connectivity index (χ3v) is 7.88. The number of carbonyl (C=O) groups excluding carboxylic acids is 2. The van der Waals surface area contributed by atoms with E-state index in [1.807, 2.05) is 18.2 Å². The number of oxazole rings is 1. The first-order valence-corrected chi connectivity index (χ1v) is 12.6. The molecule has 188 valence electrons. The van der Waals surface area contributed by atoms with Gasteiger partial charge in [-0.2, -0.15) is 0 Å². The lowest BCUT2D eigenvalue weighted by atomic mass is 9.88. The Balaban J connectivity index is 1.20. The van der Waals surface area contributed by atoms with Crippen LogP contribution in [0.1, 0.15) is 62.5 Å². The summed E-state index contributed by atoms with van der Waals surface area (Å²) in [7, 11) is 0. The lowest BCUT2D eigenvalue weighted by Gasteiger charge is -2.41. The number of hydrogen-bond acceptors (Lipinski definition) is 7. The van der Waals surface area contributed by atoms with E-state index in [-0.39, 0.29) is 25.2 Å². The van der Waals surface area contributed by atoms with Gasteiger partial charge in [0.1, 0.15) is 6.04 Å². The number of nitrogens with zero attached hydrogens (tertiary/aromatic N) is 3. The first kappa shape index (κ1) is 23.7. The van der Waals surface area contributed by atoms with Crippen LogP contribution in [0.2, 0.25) is 0 Å². The topological polar surface area (TPSA) is 125 Å². The highest BCUT2D eigenvalue weighted by molar-refractivity contribution is 6.00. The molecular formula is C25H32N4O6. The van der Waals surface area contributed by atoms with Crippen LogP contribution in [0, 0.1) is 0 Å². The third-order valence-electron chi connectivity index (χ3n) is 7.88. The van der Waals surface area contributed by atoms with E-state index < -0.39 is 23.7 Å². The number of aliphatic carboxylic acids is 1. The minimum absolute atomic E-state index is 0.202. The number of carbonyl (C=O) groups is 3. The molecule has 0 radical (unpaired) electrons.